The van der Waals surface area contributed by atoms with Gasteiger partial charge in [-0.1, -0.05) is 0 Å². The quantitative estimate of drug-likeness (QED) is 0.602. The number of ether oxygens (including phenoxy) is 1. The van der Waals surface area contributed by atoms with E-state index in [1.54, 1.807) is 32.2 Å². The first-order valence-electron chi connectivity index (χ1n) is 8.56. The maximum absolute atomic E-state index is 12.5. The molecular weight excluding hydrogens is 396 g/mol. The lowest BCUT2D eigenvalue weighted by atomic mass is 10.3. The van der Waals surface area contributed by atoms with Crippen molar-refractivity contribution in [3.8, 4) is 0 Å². The van der Waals surface area contributed by atoms with Gasteiger partial charge >= 0.3 is 0 Å². The van der Waals surface area contributed by atoms with Crippen molar-refractivity contribution in [3.63, 3.8) is 0 Å². The van der Waals surface area contributed by atoms with Crippen molar-refractivity contribution >= 4 is 27.6 Å². The molecule has 10 nitrogen and oxygen atoms in total. The molecule has 0 radical (unpaired) electrons. The molecule has 0 aliphatic heterocycles. The summed E-state index contributed by atoms with van der Waals surface area (Å²) in [5.74, 6) is -0.413. The van der Waals surface area contributed by atoms with Gasteiger partial charge in [0.25, 0.3) is 15.9 Å². The number of nitrogens with zero attached hydrogens (tertiary/aromatic N) is 4. The molecule has 0 saturated heterocycles. The smallest absolute Gasteiger partial charge is 0.276 e. The lowest BCUT2D eigenvalue weighted by Gasteiger charge is -2.09. The Labute approximate surface area is 168 Å². The average Bonchev–Trinajstić information content (AvgIpc) is 3.10. The van der Waals surface area contributed by atoms with Crippen LogP contribution in [-0.4, -0.2) is 41.2 Å². The first-order chi connectivity index (χ1) is 13.8. The van der Waals surface area contributed by atoms with Gasteiger partial charge < -0.3 is 10.1 Å². The molecule has 2 aromatic heterocycles. The van der Waals surface area contributed by atoms with E-state index in [0.717, 1.165) is 0 Å². The maximum Gasteiger partial charge on any atom is 0.276 e. The second kappa shape index (κ2) is 8.37. The van der Waals surface area contributed by atoms with Crippen molar-refractivity contribution in [3.05, 3.63) is 59.7 Å². The normalized spacial score (nSPS) is 11.3. The molecule has 0 fully saturated rings. The molecule has 0 aliphatic carbocycles. The number of hydrogen-bond donors (Lipinski definition) is 2. The van der Waals surface area contributed by atoms with E-state index < -0.39 is 15.9 Å². The predicted molar refractivity (Wildman–Crippen MR) is 106 cm³/mol. The molecule has 2 heterocycles. The molecule has 3 aromatic rings. The zero-order valence-electron chi connectivity index (χ0n) is 16.1. The predicted octanol–water partition coefficient (Wildman–Crippen LogP) is 1.95. The van der Waals surface area contributed by atoms with E-state index in [9.17, 15) is 13.2 Å². The Morgan fingerprint density at radius 1 is 1.10 bits per heavy atom. The number of aryl methyl sites for hydroxylation is 2. The Morgan fingerprint density at radius 2 is 1.76 bits per heavy atom. The third-order valence-corrected chi connectivity index (χ3v) is 5.11. The molecular formula is C18H20N6O4S. The Bertz CT molecular complexity index is 1110. The SMILES string of the molecule is COCn1ccc(C(=O)Nc2ccc(S(=O)(=O)Nc3nc(C)cc(C)n3)cc2)n1. The third-order valence-electron chi connectivity index (χ3n) is 3.77. The highest BCUT2D eigenvalue weighted by Gasteiger charge is 2.17. The summed E-state index contributed by atoms with van der Waals surface area (Å²) in [7, 11) is -2.34. The number of aromatic nitrogens is 4. The average molecular weight is 416 g/mol. The van der Waals surface area contributed by atoms with Crippen molar-refractivity contribution in [1.29, 1.82) is 0 Å². The van der Waals surface area contributed by atoms with Crippen molar-refractivity contribution in [2.75, 3.05) is 17.1 Å². The van der Waals surface area contributed by atoms with Gasteiger partial charge in [0.1, 0.15) is 6.73 Å². The third kappa shape index (κ3) is 5.15. The molecule has 0 aliphatic rings. The summed E-state index contributed by atoms with van der Waals surface area (Å²) < 4.78 is 33.9. The number of benzene rings is 1. The lowest BCUT2D eigenvalue weighted by molar-refractivity contribution is 0.101. The number of hydrogen-bond acceptors (Lipinski definition) is 7. The number of amides is 1. The van der Waals surface area contributed by atoms with Crippen LogP contribution in [0.1, 0.15) is 21.9 Å². The van der Waals surface area contributed by atoms with Crippen LogP contribution in [0.15, 0.2) is 47.5 Å². The summed E-state index contributed by atoms with van der Waals surface area (Å²) in [5.41, 5.74) is 1.95. The van der Waals surface area contributed by atoms with Gasteiger partial charge in [0.2, 0.25) is 5.95 Å². The molecule has 2 N–H and O–H groups in total. The van der Waals surface area contributed by atoms with E-state index in [4.69, 9.17) is 4.74 Å². The van der Waals surface area contributed by atoms with E-state index in [2.05, 4.69) is 25.1 Å². The van der Waals surface area contributed by atoms with Gasteiger partial charge in [-0.25, -0.2) is 27.8 Å². The first-order valence-corrected chi connectivity index (χ1v) is 10.0. The van der Waals surface area contributed by atoms with Crippen LogP contribution >= 0.6 is 0 Å². The molecule has 1 aromatic carbocycles. The number of carbonyl (C=O) groups is 1. The maximum atomic E-state index is 12.5. The summed E-state index contributed by atoms with van der Waals surface area (Å²) >= 11 is 0. The molecule has 0 spiro atoms. The summed E-state index contributed by atoms with van der Waals surface area (Å²) in [5, 5.41) is 6.74. The van der Waals surface area contributed by atoms with E-state index in [0.29, 0.717) is 17.1 Å². The largest absolute Gasteiger partial charge is 0.362 e. The molecule has 3 rings (SSSR count). The van der Waals surface area contributed by atoms with Crippen LogP contribution in [0.25, 0.3) is 0 Å². The standard InChI is InChI=1S/C18H20N6O4S/c1-12-10-13(2)20-18(19-12)23-29(26,27)15-6-4-14(5-7-15)21-17(25)16-8-9-24(22-16)11-28-3/h4-10H,11H2,1-3H3,(H,21,25)(H,19,20,23). The van der Waals surface area contributed by atoms with Crippen LogP contribution in [0.5, 0.6) is 0 Å². The van der Waals surface area contributed by atoms with Gasteiger partial charge in [0, 0.05) is 30.4 Å². The number of methoxy groups -OCH3 is 1. The van der Waals surface area contributed by atoms with Crippen molar-refractivity contribution in [1.82, 2.24) is 19.7 Å². The van der Waals surface area contributed by atoms with Gasteiger partial charge in [-0.2, -0.15) is 5.10 Å². The number of sulfonamides is 1. The molecule has 29 heavy (non-hydrogen) atoms. The van der Waals surface area contributed by atoms with Gasteiger partial charge in [-0.15, -0.1) is 0 Å². The molecule has 0 bridgehead atoms. The fourth-order valence-corrected chi connectivity index (χ4v) is 3.49. The Balaban J connectivity index is 1.70. The van der Waals surface area contributed by atoms with Crippen LogP contribution in [0.2, 0.25) is 0 Å². The van der Waals surface area contributed by atoms with Crippen LogP contribution in [0.3, 0.4) is 0 Å². The fraction of sp³-hybridized carbons (Fsp3) is 0.222. The van der Waals surface area contributed by atoms with E-state index in [-0.39, 0.29) is 23.3 Å². The highest BCUT2D eigenvalue weighted by atomic mass is 32.2. The Hall–Kier alpha value is -3.31. The Morgan fingerprint density at radius 3 is 2.38 bits per heavy atom. The van der Waals surface area contributed by atoms with E-state index in [1.165, 1.54) is 36.1 Å². The van der Waals surface area contributed by atoms with Crippen LogP contribution in [-0.2, 0) is 21.5 Å². The minimum atomic E-state index is -3.86. The van der Waals surface area contributed by atoms with Crippen LogP contribution in [0, 0.1) is 13.8 Å². The highest BCUT2D eigenvalue weighted by molar-refractivity contribution is 7.92. The molecule has 0 atom stereocenters. The second-order valence-corrected chi connectivity index (χ2v) is 7.90. The van der Waals surface area contributed by atoms with Gasteiger partial charge in [-0.3, -0.25) is 4.79 Å². The summed E-state index contributed by atoms with van der Waals surface area (Å²) in [6.45, 7) is 3.74. The molecule has 1 amide bonds. The number of carbonyl (C=O) groups excluding carboxylic acids is 1. The van der Waals surface area contributed by atoms with Crippen LogP contribution < -0.4 is 10.0 Å². The molecule has 0 unspecified atom stereocenters. The topological polar surface area (TPSA) is 128 Å². The van der Waals surface area contributed by atoms with E-state index in [1.807, 2.05) is 0 Å². The molecule has 11 heteroatoms. The molecule has 0 saturated carbocycles. The minimum absolute atomic E-state index is 0.00604. The number of anilines is 2. The van der Waals surface area contributed by atoms with E-state index >= 15 is 0 Å². The van der Waals surface area contributed by atoms with Crippen molar-refractivity contribution < 1.29 is 17.9 Å². The zero-order valence-corrected chi connectivity index (χ0v) is 16.9. The monoisotopic (exact) mass is 416 g/mol. The van der Waals surface area contributed by atoms with Gasteiger partial charge in [0.05, 0.1) is 4.90 Å². The fourth-order valence-electron chi connectivity index (χ4n) is 2.55. The zero-order chi connectivity index (χ0) is 21.0. The van der Waals surface area contributed by atoms with Gasteiger partial charge in [-0.05, 0) is 50.2 Å². The van der Waals surface area contributed by atoms with Crippen molar-refractivity contribution in [2.45, 2.75) is 25.5 Å². The first kappa shape index (κ1) is 20.4. The highest BCUT2D eigenvalue weighted by Crippen LogP contribution is 2.17. The molecule has 152 valence electrons. The Kier molecular flexibility index (Phi) is 5.89. The summed E-state index contributed by atoms with van der Waals surface area (Å²) in [4.78, 5) is 20.4. The second-order valence-electron chi connectivity index (χ2n) is 6.22. The lowest BCUT2D eigenvalue weighted by Crippen LogP contribution is -2.16. The number of nitrogens with one attached hydrogen (secondary N) is 2. The summed E-state index contributed by atoms with van der Waals surface area (Å²) in [6, 6.07) is 9.03. The van der Waals surface area contributed by atoms with Gasteiger partial charge in [0.15, 0.2) is 5.69 Å². The summed E-state index contributed by atoms with van der Waals surface area (Å²) in [6.07, 6.45) is 1.62. The minimum Gasteiger partial charge on any atom is -0.362 e. The van der Waals surface area contributed by atoms with Crippen molar-refractivity contribution in [2.24, 2.45) is 0 Å². The number of rotatable bonds is 7. The van der Waals surface area contributed by atoms with Crippen LogP contribution in [0.4, 0.5) is 11.6 Å².